The summed E-state index contributed by atoms with van der Waals surface area (Å²) in [4.78, 5) is 19.7. The smallest absolute Gasteiger partial charge is 0.360 e. The summed E-state index contributed by atoms with van der Waals surface area (Å²) >= 11 is 0. The lowest BCUT2D eigenvalue weighted by Gasteiger charge is -2.20. The van der Waals surface area contributed by atoms with Crippen LogP contribution in [-0.4, -0.2) is 23.0 Å². The Kier molecular flexibility index (Phi) is 4.96. The van der Waals surface area contributed by atoms with Crippen molar-refractivity contribution in [1.82, 2.24) is 0 Å². The minimum absolute atomic E-state index is 0.0528. The van der Waals surface area contributed by atoms with Crippen molar-refractivity contribution < 1.29 is 23.8 Å². The van der Waals surface area contributed by atoms with Gasteiger partial charge in [-0.05, 0) is 26.8 Å². The highest BCUT2D eigenvalue weighted by molar-refractivity contribution is 7.61. The van der Waals surface area contributed by atoms with Crippen LogP contribution in [-0.2, 0) is 4.57 Å². The molecule has 2 N–H and O–H groups in total. The molecule has 0 spiro atoms. The molecule has 0 saturated carbocycles. The van der Waals surface area contributed by atoms with Crippen LogP contribution in [0.2, 0.25) is 0 Å². The van der Waals surface area contributed by atoms with Crippen LogP contribution in [0.25, 0.3) is 10.8 Å². The molecular formula is C16H18NO5P. The van der Waals surface area contributed by atoms with E-state index in [-0.39, 0.29) is 23.0 Å². The monoisotopic (exact) mass is 335 g/mol. The largest absolute Gasteiger partial charge is 0.493 e. The summed E-state index contributed by atoms with van der Waals surface area (Å²) < 4.78 is 23.1. The number of rotatable bonds is 5. The second-order valence-corrected chi connectivity index (χ2v) is 6.41. The first-order valence-electron chi connectivity index (χ1n) is 7.17. The van der Waals surface area contributed by atoms with E-state index in [4.69, 9.17) is 9.47 Å². The highest BCUT2D eigenvalue weighted by Gasteiger charge is 2.31. The van der Waals surface area contributed by atoms with Crippen LogP contribution < -0.4 is 14.8 Å². The highest BCUT2D eigenvalue weighted by atomic mass is 31.2. The Balaban J connectivity index is 3.10. The van der Waals surface area contributed by atoms with E-state index in [2.05, 4.69) is 6.07 Å². The molecule has 0 unspecified atom stereocenters. The molecule has 0 amide bonds. The highest BCUT2D eigenvalue weighted by Crippen LogP contribution is 2.46. The summed E-state index contributed by atoms with van der Waals surface area (Å²) in [6.45, 7) is 5.67. The molecule has 0 aliphatic carbocycles. The van der Waals surface area contributed by atoms with Gasteiger partial charge in [0.05, 0.1) is 18.8 Å². The maximum atomic E-state index is 12.1. The van der Waals surface area contributed by atoms with E-state index < -0.39 is 7.60 Å². The molecule has 0 aromatic heterocycles. The van der Waals surface area contributed by atoms with Crippen molar-refractivity contribution in [3.8, 4) is 17.6 Å². The zero-order chi connectivity index (χ0) is 17.2. The molecule has 6 nitrogen and oxygen atoms in total. The molecule has 7 heteroatoms. The van der Waals surface area contributed by atoms with Crippen LogP contribution in [0.3, 0.4) is 0 Å². The topological polar surface area (TPSA) is 99.8 Å². The van der Waals surface area contributed by atoms with Gasteiger partial charge in [0.2, 0.25) is 0 Å². The van der Waals surface area contributed by atoms with Gasteiger partial charge in [-0.15, -0.1) is 0 Å². The standard InChI is InChI=1S/C16H18NO5P/c1-4-21-13-8-6-7-11-12(9-17)10(3)15(22-5-2)16(14(11)13)23(18,19)20/h6-8H,4-5H2,1-3H3,(H2,18,19,20). The number of benzene rings is 2. The maximum absolute atomic E-state index is 12.1. The number of hydrogen-bond acceptors (Lipinski definition) is 4. The van der Waals surface area contributed by atoms with Gasteiger partial charge in [0, 0.05) is 16.3 Å². The molecule has 0 aliphatic rings. The third kappa shape index (κ3) is 3.04. The number of fused-ring (bicyclic) bond motifs is 1. The van der Waals surface area contributed by atoms with Crippen molar-refractivity contribution in [2.24, 2.45) is 0 Å². The van der Waals surface area contributed by atoms with Crippen LogP contribution in [0.15, 0.2) is 18.2 Å². The van der Waals surface area contributed by atoms with Gasteiger partial charge in [-0.1, -0.05) is 12.1 Å². The fourth-order valence-corrected chi connectivity index (χ4v) is 3.63. The lowest BCUT2D eigenvalue weighted by molar-refractivity contribution is 0.335. The number of ether oxygens (including phenoxy) is 2. The predicted molar refractivity (Wildman–Crippen MR) is 87.4 cm³/mol. The third-order valence-corrected chi connectivity index (χ3v) is 4.46. The van der Waals surface area contributed by atoms with E-state index in [0.717, 1.165) is 0 Å². The van der Waals surface area contributed by atoms with E-state index in [0.29, 0.717) is 28.9 Å². The summed E-state index contributed by atoms with van der Waals surface area (Å²) in [5.74, 6) is 0.373. The van der Waals surface area contributed by atoms with E-state index in [9.17, 15) is 19.6 Å². The van der Waals surface area contributed by atoms with Crippen molar-refractivity contribution in [2.45, 2.75) is 20.8 Å². The van der Waals surface area contributed by atoms with Gasteiger partial charge in [0.15, 0.2) is 0 Å². The first-order chi connectivity index (χ1) is 10.9. The Hall–Kier alpha value is -2.06. The quantitative estimate of drug-likeness (QED) is 0.815. The lowest BCUT2D eigenvalue weighted by Crippen LogP contribution is -2.15. The zero-order valence-corrected chi connectivity index (χ0v) is 14.1. The van der Waals surface area contributed by atoms with Crippen LogP contribution in [0.5, 0.6) is 11.5 Å². The molecule has 122 valence electrons. The Morgan fingerprint density at radius 1 is 1.22 bits per heavy atom. The maximum Gasteiger partial charge on any atom is 0.360 e. The second-order valence-electron chi connectivity index (χ2n) is 4.88. The van der Waals surface area contributed by atoms with Crippen LogP contribution in [0, 0.1) is 18.3 Å². The first-order valence-corrected chi connectivity index (χ1v) is 8.79. The molecule has 0 bridgehead atoms. The van der Waals surface area contributed by atoms with Gasteiger partial charge < -0.3 is 19.3 Å². The summed E-state index contributed by atoms with van der Waals surface area (Å²) in [5, 5.41) is 9.93. The van der Waals surface area contributed by atoms with Crippen LogP contribution in [0.1, 0.15) is 25.0 Å². The van der Waals surface area contributed by atoms with Crippen molar-refractivity contribution in [1.29, 1.82) is 5.26 Å². The predicted octanol–water partition coefficient (Wildman–Crippen LogP) is 2.62. The van der Waals surface area contributed by atoms with E-state index in [1.54, 1.807) is 39.0 Å². The Morgan fingerprint density at radius 2 is 1.87 bits per heavy atom. The molecule has 0 radical (unpaired) electrons. The average Bonchev–Trinajstić information content (AvgIpc) is 2.48. The minimum Gasteiger partial charge on any atom is -0.493 e. The van der Waals surface area contributed by atoms with Gasteiger partial charge >= 0.3 is 7.60 Å². The van der Waals surface area contributed by atoms with E-state index >= 15 is 0 Å². The minimum atomic E-state index is -4.65. The third-order valence-electron chi connectivity index (χ3n) is 3.45. The molecule has 0 saturated heterocycles. The number of nitriles is 1. The normalized spacial score (nSPS) is 11.3. The van der Waals surface area contributed by atoms with Gasteiger partial charge in [0.1, 0.15) is 22.9 Å². The van der Waals surface area contributed by atoms with Crippen LogP contribution in [0.4, 0.5) is 0 Å². The molecule has 2 rings (SSSR count). The van der Waals surface area contributed by atoms with Crippen LogP contribution >= 0.6 is 7.60 Å². The Labute approximate surface area is 134 Å². The number of hydrogen-bond donors (Lipinski definition) is 2. The molecule has 23 heavy (non-hydrogen) atoms. The molecule has 0 atom stereocenters. The zero-order valence-electron chi connectivity index (χ0n) is 13.2. The van der Waals surface area contributed by atoms with Gasteiger partial charge in [-0.3, -0.25) is 4.57 Å². The van der Waals surface area contributed by atoms with Gasteiger partial charge in [-0.2, -0.15) is 5.26 Å². The molecule has 0 heterocycles. The summed E-state index contributed by atoms with van der Waals surface area (Å²) in [6.07, 6.45) is 0. The fourth-order valence-electron chi connectivity index (χ4n) is 2.61. The Morgan fingerprint density at radius 3 is 2.39 bits per heavy atom. The van der Waals surface area contributed by atoms with Crippen molar-refractivity contribution >= 4 is 23.7 Å². The summed E-state index contributed by atoms with van der Waals surface area (Å²) in [5.41, 5.74) is 0.732. The van der Waals surface area contributed by atoms with E-state index in [1.165, 1.54) is 0 Å². The molecule has 0 aliphatic heterocycles. The SMILES string of the molecule is CCOc1c(C)c(C#N)c2cccc(OCC)c2c1P(=O)(O)O. The van der Waals surface area contributed by atoms with Crippen molar-refractivity contribution in [3.05, 3.63) is 29.3 Å². The van der Waals surface area contributed by atoms with Crippen molar-refractivity contribution in [3.63, 3.8) is 0 Å². The molecule has 2 aromatic carbocycles. The van der Waals surface area contributed by atoms with Gasteiger partial charge in [0.25, 0.3) is 0 Å². The molecular weight excluding hydrogens is 317 g/mol. The molecule has 2 aromatic rings. The Bertz CT molecular complexity index is 835. The summed E-state index contributed by atoms with van der Waals surface area (Å²) in [7, 11) is -4.65. The summed E-state index contributed by atoms with van der Waals surface area (Å²) in [6, 6.07) is 7.06. The average molecular weight is 335 g/mol. The fraction of sp³-hybridized carbons (Fsp3) is 0.312. The second kappa shape index (κ2) is 6.59. The van der Waals surface area contributed by atoms with E-state index in [1.807, 2.05) is 0 Å². The van der Waals surface area contributed by atoms with Crippen molar-refractivity contribution in [2.75, 3.05) is 13.2 Å². The lowest BCUT2D eigenvalue weighted by atomic mass is 9.98. The first kappa shape index (κ1) is 17.3. The number of nitrogens with zero attached hydrogens (tertiary/aromatic N) is 1. The molecule has 0 fully saturated rings. The van der Waals surface area contributed by atoms with Gasteiger partial charge in [-0.25, -0.2) is 0 Å².